The molecule has 7 nitrogen and oxygen atoms in total. The van der Waals surface area contributed by atoms with E-state index in [1.165, 1.54) is 0 Å². The van der Waals surface area contributed by atoms with E-state index >= 15 is 0 Å². The first-order chi connectivity index (χ1) is 12.1. The number of halogens is 1. The zero-order chi connectivity index (χ0) is 18.1. The molecule has 1 aromatic heterocycles. The van der Waals surface area contributed by atoms with Crippen LogP contribution in [-0.4, -0.2) is 47.2 Å². The predicted octanol–water partition coefficient (Wildman–Crippen LogP) is 2.20. The normalized spacial score (nSPS) is 20.0. The molecule has 1 aromatic rings. The van der Waals surface area contributed by atoms with Gasteiger partial charge in [-0.05, 0) is 51.7 Å². The number of amides is 1. The van der Waals surface area contributed by atoms with Crippen LogP contribution < -0.4 is 16.0 Å². The van der Waals surface area contributed by atoms with Crippen molar-refractivity contribution in [3.8, 4) is 0 Å². The van der Waals surface area contributed by atoms with E-state index in [1.807, 2.05) is 26.0 Å². The Balaban J connectivity index is 0.00000338. The molecule has 146 valence electrons. The number of aromatic nitrogens is 1. The fourth-order valence-corrected chi connectivity index (χ4v) is 2.82. The van der Waals surface area contributed by atoms with Crippen molar-refractivity contribution >= 4 is 41.7 Å². The van der Waals surface area contributed by atoms with Gasteiger partial charge in [0.1, 0.15) is 5.82 Å². The molecule has 1 saturated carbocycles. The third-order valence-corrected chi connectivity index (χ3v) is 4.15. The van der Waals surface area contributed by atoms with Crippen molar-refractivity contribution in [2.24, 2.45) is 4.99 Å². The van der Waals surface area contributed by atoms with Crippen molar-refractivity contribution in [3.05, 3.63) is 23.9 Å². The molecule has 4 N–H and O–H groups in total. The molecule has 1 aliphatic rings. The molecule has 0 aliphatic heterocycles. The number of carbonyl (C=O) groups excluding carboxylic acids is 1. The number of aliphatic imine (C=N–C) groups is 1. The number of anilines is 1. The first-order valence-electron chi connectivity index (χ1n) is 9.03. The Kier molecular flexibility index (Phi) is 10.5. The van der Waals surface area contributed by atoms with Crippen LogP contribution in [0.2, 0.25) is 0 Å². The molecule has 1 heterocycles. The molecule has 0 radical (unpaired) electrons. The van der Waals surface area contributed by atoms with E-state index in [4.69, 9.17) is 0 Å². The van der Waals surface area contributed by atoms with E-state index in [0.717, 1.165) is 43.9 Å². The van der Waals surface area contributed by atoms with E-state index < -0.39 is 0 Å². The Morgan fingerprint density at radius 1 is 1.31 bits per heavy atom. The fourth-order valence-electron chi connectivity index (χ4n) is 2.82. The molecular formula is C18H30IN5O2. The van der Waals surface area contributed by atoms with Crippen molar-refractivity contribution in [2.45, 2.75) is 58.1 Å². The van der Waals surface area contributed by atoms with Crippen LogP contribution in [0.4, 0.5) is 5.82 Å². The minimum Gasteiger partial charge on any atom is -0.393 e. The monoisotopic (exact) mass is 475 g/mol. The summed E-state index contributed by atoms with van der Waals surface area (Å²) >= 11 is 0. The molecule has 0 atom stereocenters. The first kappa shape index (κ1) is 22.6. The van der Waals surface area contributed by atoms with Gasteiger partial charge in [0.05, 0.1) is 12.6 Å². The molecule has 1 amide bonds. The van der Waals surface area contributed by atoms with E-state index in [-0.39, 0.29) is 36.0 Å². The quantitative estimate of drug-likeness (QED) is 0.287. The van der Waals surface area contributed by atoms with E-state index in [9.17, 15) is 9.90 Å². The average molecular weight is 475 g/mol. The highest BCUT2D eigenvalue weighted by Crippen LogP contribution is 2.18. The lowest BCUT2D eigenvalue weighted by Crippen LogP contribution is -2.45. The maximum Gasteiger partial charge on any atom is 0.227 e. The van der Waals surface area contributed by atoms with Gasteiger partial charge in [0.15, 0.2) is 5.96 Å². The summed E-state index contributed by atoms with van der Waals surface area (Å²) < 4.78 is 0. The number of nitrogens with one attached hydrogen (secondary N) is 3. The molecule has 0 aromatic carbocycles. The lowest BCUT2D eigenvalue weighted by molar-refractivity contribution is -0.116. The second kappa shape index (κ2) is 12.1. The summed E-state index contributed by atoms with van der Waals surface area (Å²) in [7, 11) is 0. The van der Waals surface area contributed by atoms with Gasteiger partial charge in [0.2, 0.25) is 5.91 Å². The number of aliphatic hydroxyl groups excluding tert-OH is 1. The summed E-state index contributed by atoms with van der Waals surface area (Å²) in [4.78, 5) is 20.7. The van der Waals surface area contributed by atoms with Gasteiger partial charge in [-0.3, -0.25) is 9.79 Å². The second-order valence-electron chi connectivity index (χ2n) is 6.37. The zero-order valence-corrected chi connectivity index (χ0v) is 17.8. The van der Waals surface area contributed by atoms with Gasteiger partial charge in [-0.15, -0.1) is 24.0 Å². The van der Waals surface area contributed by atoms with Crippen LogP contribution in [0.3, 0.4) is 0 Å². The van der Waals surface area contributed by atoms with Crippen molar-refractivity contribution in [2.75, 3.05) is 18.4 Å². The lowest BCUT2D eigenvalue weighted by Gasteiger charge is -2.27. The summed E-state index contributed by atoms with van der Waals surface area (Å²) in [5.41, 5.74) is 0.868. The van der Waals surface area contributed by atoms with Crippen LogP contribution in [0.25, 0.3) is 0 Å². The standard InChI is InChI=1S/C18H29N5O2.HI/c1-3-19-18(22-14-7-9-15(24)10-8-14)20-12-11-17(25)23-16-6-4-5-13(2)21-16;/h4-6,14-15,24H,3,7-12H2,1-2H3,(H2,19,20,22)(H,21,23,25);1H. The van der Waals surface area contributed by atoms with Gasteiger partial charge in [0.25, 0.3) is 0 Å². The molecule has 2 rings (SSSR count). The molecule has 1 fully saturated rings. The second-order valence-corrected chi connectivity index (χ2v) is 6.37. The van der Waals surface area contributed by atoms with Crippen LogP contribution in [-0.2, 0) is 4.79 Å². The number of pyridine rings is 1. The number of rotatable bonds is 6. The van der Waals surface area contributed by atoms with Gasteiger partial charge >= 0.3 is 0 Å². The van der Waals surface area contributed by atoms with Gasteiger partial charge < -0.3 is 21.1 Å². The maximum atomic E-state index is 12.0. The minimum absolute atomic E-state index is 0. The first-order valence-corrected chi connectivity index (χ1v) is 9.03. The van der Waals surface area contributed by atoms with Crippen LogP contribution >= 0.6 is 24.0 Å². The maximum absolute atomic E-state index is 12.0. The van der Waals surface area contributed by atoms with E-state index in [1.54, 1.807) is 6.07 Å². The Hall–Kier alpha value is -1.42. The van der Waals surface area contributed by atoms with Crippen LogP contribution in [0.5, 0.6) is 0 Å². The molecular weight excluding hydrogens is 445 g/mol. The van der Waals surface area contributed by atoms with Gasteiger partial charge in [0, 0.05) is 24.7 Å². The number of aryl methyl sites for hydroxylation is 1. The number of carbonyl (C=O) groups is 1. The average Bonchev–Trinajstić information content (AvgIpc) is 2.57. The summed E-state index contributed by atoms with van der Waals surface area (Å²) in [6.45, 7) is 5.07. The third kappa shape index (κ3) is 8.31. The number of hydrogen-bond acceptors (Lipinski definition) is 4. The molecule has 0 spiro atoms. The predicted molar refractivity (Wildman–Crippen MR) is 115 cm³/mol. The van der Waals surface area contributed by atoms with Crippen molar-refractivity contribution in [3.63, 3.8) is 0 Å². The Morgan fingerprint density at radius 2 is 2.04 bits per heavy atom. The summed E-state index contributed by atoms with van der Waals surface area (Å²) in [5.74, 6) is 1.20. The zero-order valence-electron chi connectivity index (χ0n) is 15.5. The van der Waals surface area contributed by atoms with Crippen LogP contribution in [0.1, 0.15) is 44.7 Å². The molecule has 0 saturated heterocycles. The Morgan fingerprint density at radius 3 is 2.69 bits per heavy atom. The Bertz CT molecular complexity index is 589. The highest BCUT2D eigenvalue weighted by molar-refractivity contribution is 14.0. The van der Waals surface area contributed by atoms with E-state index in [2.05, 4.69) is 25.9 Å². The molecule has 0 bridgehead atoms. The van der Waals surface area contributed by atoms with Gasteiger partial charge in [-0.2, -0.15) is 0 Å². The Labute approximate surface area is 172 Å². The fraction of sp³-hybridized carbons (Fsp3) is 0.611. The SMILES string of the molecule is CCNC(=NCCC(=O)Nc1cccc(C)n1)NC1CCC(O)CC1.I. The molecule has 8 heteroatoms. The van der Waals surface area contributed by atoms with Crippen molar-refractivity contribution in [1.82, 2.24) is 15.6 Å². The molecule has 26 heavy (non-hydrogen) atoms. The minimum atomic E-state index is -0.170. The topological polar surface area (TPSA) is 98.6 Å². The van der Waals surface area contributed by atoms with Crippen LogP contribution in [0.15, 0.2) is 23.2 Å². The summed E-state index contributed by atoms with van der Waals surface area (Å²) in [6.07, 6.45) is 3.65. The number of nitrogens with zero attached hydrogens (tertiary/aromatic N) is 2. The lowest BCUT2D eigenvalue weighted by atomic mass is 9.93. The van der Waals surface area contributed by atoms with E-state index in [0.29, 0.717) is 24.8 Å². The highest BCUT2D eigenvalue weighted by Gasteiger charge is 2.19. The highest BCUT2D eigenvalue weighted by atomic mass is 127. The van der Waals surface area contributed by atoms with Crippen molar-refractivity contribution in [1.29, 1.82) is 0 Å². The number of aliphatic hydroxyl groups is 1. The third-order valence-electron chi connectivity index (χ3n) is 4.15. The van der Waals surface area contributed by atoms with Crippen LogP contribution in [0, 0.1) is 6.92 Å². The summed E-state index contributed by atoms with van der Waals surface area (Å²) in [6, 6.07) is 5.85. The summed E-state index contributed by atoms with van der Waals surface area (Å²) in [5, 5.41) is 19.0. The van der Waals surface area contributed by atoms with Gasteiger partial charge in [-0.25, -0.2) is 4.98 Å². The largest absolute Gasteiger partial charge is 0.393 e. The smallest absolute Gasteiger partial charge is 0.227 e. The molecule has 1 aliphatic carbocycles. The number of hydrogen-bond donors (Lipinski definition) is 4. The van der Waals surface area contributed by atoms with Crippen molar-refractivity contribution < 1.29 is 9.90 Å². The molecule has 0 unspecified atom stereocenters. The number of guanidine groups is 1. The van der Waals surface area contributed by atoms with Gasteiger partial charge in [-0.1, -0.05) is 6.07 Å².